The quantitative estimate of drug-likeness (QED) is 0.182. The molecule has 0 saturated heterocycles. The van der Waals surface area contributed by atoms with Gasteiger partial charge in [0, 0.05) is 0 Å². The maximum atomic E-state index is 14.2. The molecule has 0 bridgehead atoms. The van der Waals surface area contributed by atoms with Gasteiger partial charge in [-0.25, -0.2) is 0 Å². The average molecular weight is 654 g/mol. The summed E-state index contributed by atoms with van der Waals surface area (Å²) in [6.45, 7) is 19.3. The summed E-state index contributed by atoms with van der Waals surface area (Å²) in [5, 5.41) is 3.40. The van der Waals surface area contributed by atoms with Crippen LogP contribution in [0.2, 0.25) is 0 Å². The molecule has 4 aliphatic rings. The van der Waals surface area contributed by atoms with Crippen molar-refractivity contribution < 1.29 is 9.59 Å². The fourth-order valence-electron chi connectivity index (χ4n) is 8.96. The first-order chi connectivity index (χ1) is 23.9. The summed E-state index contributed by atoms with van der Waals surface area (Å²) < 4.78 is 1.96. The number of carbonyl (C=O) groups is 2. The standard InChI is InChI=1S/C38H34BNO2.C8H10/c1-19(2)21(5)22-11-12-23-24-13-14-27-32-26(36-39-29-9-7-8-10-30(29)40(36)37(27)42)17-18-38(6,34(24)32)28-16-15-25(31(22)33(23)28)35(41)20(3)4;1-7-5-3-4-6-8(7)2/h7-17,20,27,32H,18H2,1-6H3;3-6H,1-2H3. The Kier molecular flexibility index (Phi) is 7.53. The van der Waals surface area contributed by atoms with Crippen molar-refractivity contribution in [3.8, 4) is 0 Å². The molecule has 0 spiro atoms. The van der Waals surface area contributed by atoms with Crippen LogP contribution in [0.25, 0.3) is 38.3 Å². The predicted octanol–water partition coefficient (Wildman–Crippen LogP) is 11.1. The SMILES string of the molecule is CC(C)=C(C)c1ccc2c3c(ccc(C(=O)C(C)C)c13)C1(C)CC=C3c4bc5ccccc5n4C(=O)C4C=CC2=C1C34.Cc1ccccc1C. The molecule has 1 aromatic heterocycles. The number of para-hydroxylation sites is 1. The van der Waals surface area contributed by atoms with E-state index in [0.29, 0.717) is 0 Å². The van der Waals surface area contributed by atoms with Crippen molar-refractivity contribution in [2.75, 3.05) is 0 Å². The first-order valence-electron chi connectivity index (χ1n) is 18.0. The van der Waals surface area contributed by atoms with E-state index in [2.05, 4.69) is 127 Å². The van der Waals surface area contributed by atoms with Gasteiger partial charge in [-0.2, -0.15) is 0 Å². The smallest absolute Gasteiger partial charge is 0.0395 e. The molecule has 0 N–H and O–H groups in total. The molecule has 3 atom stereocenters. The first-order valence-corrected chi connectivity index (χ1v) is 18.0. The topological polar surface area (TPSA) is 39.1 Å². The van der Waals surface area contributed by atoms with E-state index in [0.717, 1.165) is 39.3 Å². The molecular formula is C46H44BNO2. The number of Topliss-reactive ketones (excluding diaryl/α,β-unsaturated/α-hetero) is 1. The zero-order chi connectivity index (χ0) is 35.2. The minimum absolute atomic E-state index is 0.00688. The second-order valence-electron chi connectivity index (χ2n) is 15.4. The Balaban J connectivity index is 0.000000400. The van der Waals surface area contributed by atoms with E-state index in [9.17, 15) is 9.59 Å². The van der Waals surface area contributed by atoms with Gasteiger partial charge >= 0.3 is 248 Å². The molecule has 4 heteroatoms. The Bertz CT molecular complexity index is 2420. The van der Waals surface area contributed by atoms with Crippen LogP contribution in [-0.4, -0.2) is 23.2 Å². The van der Waals surface area contributed by atoms with Gasteiger partial charge in [0.1, 0.15) is 0 Å². The van der Waals surface area contributed by atoms with Gasteiger partial charge in [-0.15, -0.1) is 0 Å². The number of rotatable bonds is 3. The molecule has 248 valence electrons. The van der Waals surface area contributed by atoms with E-state index in [1.54, 1.807) is 0 Å². The van der Waals surface area contributed by atoms with Crippen LogP contribution in [0, 0.1) is 31.6 Å². The summed E-state index contributed by atoms with van der Waals surface area (Å²) in [5.74, 6) is 0.0220. The van der Waals surface area contributed by atoms with Crippen molar-refractivity contribution in [1.82, 2.24) is 4.57 Å². The van der Waals surface area contributed by atoms with E-state index in [4.69, 9.17) is 0 Å². The molecule has 2 heterocycles. The van der Waals surface area contributed by atoms with Crippen molar-refractivity contribution in [1.29, 1.82) is 0 Å². The molecule has 4 aromatic carbocycles. The zero-order valence-corrected chi connectivity index (χ0v) is 30.4. The van der Waals surface area contributed by atoms with Gasteiger partial charge in [-0.1, -0.05) is 24.3 Å². The van der Waals surface area contributed by atoms with Crippen molar-refractivity contribution in [3.63, 3.8) is 0 Å². The van der Waals surface area contributed by atoms with Crippen LogP contribution in [0.3, 0.4) is 0 Å². The van der Waals surface area contributed by atoms with Gasteiger partial charge in [0.25, 0.3) is 0 Å². The third kappa shape index (κ3) is 4.53. The third-order valence-electron chi connectivity index (χ3n) is 12.0. The fraction of sp³-hybridized carbons (Fsp3) is 0.283. The fourth-order valence-corrected chi connectivity index (χ4v) is 8.96. The normalized spacial score (nSPS) is 21.0. The van der Waals surface area contributed by atoms with E-state index >= 15 is 0 Å². The number of hydrogen-bond acceptors (Lipinski definition) is 2. The molecule has 3 nitrogen and oxygen atoms in total. The van der Waals surface area contributed by atoms with Gasteiger partial charge in [-0.3, -0.25) is 0 Å². The number of hydrogen-bond donors (Lipinski definition) is 0. The van der Waals surface area contributed by atoms with Crippen LogP contribution in [0.1, 0.15) is 96.5 Å². The van der Waals surface area contributed by atoms with E-state index in [-0.39, 0.29) is 34.9 Å². The number of carbonyl (C=O) groups excluding carboxylic acids is 2. The van der Waals surface area contributed by atoms with Crippen molar-refractivity contribution in [3.05, 3.63) is 141 Å². The molecule has 3 unspecified atom stereocenters. The summed E-state index contributed by atoms with van der Waals surface area (Å²) in [6, 6.07) is 25.4. The second-order valence-corrected chi connectivity index (χ2v) is 15.4. The molecule has 50 heavy (non-hydrogen) atoms. The van der Waals surface area contributed by atoms with Gasteiger partial charge < -0.3 is 0 Å². The Morgan fingerprint density at radius 1 is 0.880 bits per heavy atom. The maximum absolute atomic E-state index is 14.2. The number of ketones is 1. The van der Waals surface area contributed by atoms with Gasteiger partial charge in [0.15, 0.2) is 0 Å². The number of aryl methyl sites for hydroxylation is 2. The minimum Gasteiger partial charge on any atom is -0.0620 e. The minimum atomic E-state index is -0.275. The van der Waals surface area contributed by atoms with Crippen LogP contribution in [0.5, 0.6) is 0 Å². The Morgan fingerprint density at radius 2 is 1.56 bits per heavy atom. The van der Waals surface area contributed by atoms with Crippen molar-refractivity contribution >= 4 is 56.9 Å². The largest absolute Gasteiger partial charge is 0.0620 e. The molecule has 1 aliphatic heterocycles. The Hall–Kier alpha value is -4.83. The van der Waals surface area contributed by atoms with Crippen LogP contribution >= 0.6 is 0 Å². The number of aromatic nitrogens is 1. The summed E-state index contributed by atoms with van der Waals surface area (Å²) in [6.07, 6.45) is 7.63. The van der Waals surface area contributed by atoms with Crippen molar-refractivity contribution in [2.24, 2.45) is 17.8 Å². The summed E-state index contributed by atoms with van der Waals surface area (Å²) >= 11 is 0. The number of nitrogens with zero attached hydrogens (tertiary/aromatic N) is 1. The summed E-state index contributed by atoms with van der Waals surface area (Å²) in [5.41, 5.74) is 15.2. The maximum Gasteiger partial charge on any atom is -0.0395 e. The van der Waals surface area contributed by atoms with Crippen LogP contribution in [0.15, 0.2) is 102 Å². The predicted molar refractivity (Wildman–Crippen MR) is 210 cm³/mol. The molecule has 5 aromatic rings. The molecule has 0 fully saturated rings. The first kappa shape index (κ1) is 32.4. The van der Waals surface area contributed by atoms with Gasteiger partial charge in [0.05, 0.1) is 0 Å². The number of benzene rings is 4. The molecule has 0 amide bonds. The van der Waals surface area contributed by atoms with Crippen molar-refractivity contribution in [2.45, 2.75) is 67.2 Å². The summed E-state index contributed by atoms with van der Waals surface area (Å²) in [4.78, 5) is 27.9. The molecule has 0 saturated carbocycles. The van der Waals surface area contributed by atoms with E-state index < -0.39 is 0 Å². The second kappa shape index (κ2) is 11.6. The van der Waals surface area contributed by atoms with Crippen LogP contribution in [-0.2, 0) is 5.41 Å². The number of allylic oxidation sites excluding steroid dienone is 8. The average Bonchev–Trinajstić information content (AvgIpc) is 3.50. The number of fused-ring (bicyclic) bond motifs is 6. The monoisotopic (exact) mass is 653 g/mol. The van der Waals surface area contributed by atoms with Gasteiger partial charge in [-0.05, 0) is 25.0 Å². The Labute approximate surface area is 296 Å². The molecule has 0 radical (unpaired) electrons. The van der Waals surface area contributed by atoms with Crippen LogP contribution < -0.4 is 0 Å². The van der Waals surface area contributed by atoms with E-state index in [1.807, 2.05) is 30.5 Å². The van der Waals surface area contributed by atoms with Gasteiger partial charge in [0.2, 0.25) is 0 Å². The van der Waals surface area contributed by atoms with E-state index in [1.165, 1.54) is 55.5 Å². The molecule has 9 rings (SSSR count). The molecule has 3 aliphatic carbocycles. The molecular weight excluding hydrogens is 609 g/mol. The zero-order valence-electron chi connectivity index (χ0n) is 30.4. The Morgan fingerprint density at radius 3 is 2.24 bits per heavy atom. The summed E-state index contributed by atoms with van der Waals surface area (Å²) in [7, 11) is 0. The van der Waals surface area contributed by atoms with Crippen LogP contribution in [0.4, 0.5) is 0 Å². The third-order valence-corrected chi connectivity index (χ3v) is 12.0.